The Bertz CT molecular complexity index is 423. The summed E-state index contributed by atoms with van der Waals surface area (Å²) in [5.41, 5.74) is 0. The first kappa shape index (κ1) is 10.6. The van der Waals surface area contributed by atoms with E-state index < -0.39 is 10.0 Å². The molecule has 1 heterocycles. The molecule has 0 radical (unpaired) electrons. The summed E-state index contributed by atoms with van der Waals surface area (Å²) < 4.78 is 25.2. The largest absolute Gasteiger partial charge is 0.396 e. The summed E-state index contributed by atoms with van der Waals surface area (Å²) in [4.78, 5) is 0.321. The monoisotopic (exact) mass is 227 g/mol. The minimum absolute atomic E-state index is 0.0564. The second-order valence-corrected chi connectivity index (χ2v) is 5.62. The number of nitrogens with zero attached hydrogens (tertiary/aromatic N) is 1. The van der Waals surface area contributed by atoms with Crippen molar-refractivity contribution in [3.8, 4) is 0 Å². The average molecular weight is 227 g/mol. The van der Waals surface area contributed by atoms with E-state index in [0.717, 1.165) is 0 Å². The molecule has 1 aromatic carbocycles. The lowest BCUT2D eigenvalue weighted by molar-refractivity contribution is 0.117. The first-order chi connectivity index (χ1) is 7.14. The Labute approximate surface area is 89.2 Å². The smallest absolute Gasteiger partial charge is 0.243 e. The highest BCUT2D eigenvalue weighted by molar-refractivity contribution is 7.89. The topological polar surface area (TPSA) is 57.6 Å². The van der Waals surface area contributed by atoms with Gasteiger partial charge >= 0.3 is 0 Å². The predicted octanol–water partition coefficient (Wildman–Crippen LogP) is 0.299. The zero-order valence-electron chi connectivity index (χ0n) is 8.20. The highest BCUT2D eigenvalue weighted by Crippen LogP contribution is 2.24. The Kier molecular flexibility index (Phi) is 2.77. The standard InChI is InChI=1S/C10H13NO3S/c12-8-9-6-11(7-9)15(13,14)10-4-2-1-3-5-10/h1-5,9,12H,6-8H2. The van der Waals surface area contributed by atoms with Crippen molar-refractivity contribution >= 4 is 10.0 Å². The third-order valence-corrected chi connectivity index (χ3v) is 4.41. The second kappa shape index (κ2) is 3.92. The first-order valence-electron chi connectivity index (χ1n) is 4.80. The molecule has 0 aliphatic carbocycles. The fraction of sp³-hybridized carbons (Fsp3) is 0.400. The number of rotatable bonds is 3. The number of benzene rings is 1. The van der Waals surface area contributed by atoms with E-state index in [1.165, 1.54) is 4.31 Å². The van der Waals surface area contributed by atoms with E-state index in [1.807, 2.05) is 0 Å². The maximum atomic E-state index is 11.9. The molecule has 15 heavy (non-hydrogen) atoms. The lowest BCUT2D eigenvalue weighted by Gasteiger charge is -2.36. The molecule has 4 nitrogen and oxygen atoms in total. The molecule has 1 N–H and O–H groups in total. The molecule has 1 aliphatic rings. The van der Waals surface area contributed by atoms with E-state index in [0.29, 0.717) is 18.0 Å². The lowest BCUT2D eigenvalue weighted by atomic mass is 10.1. The van der Waals surface area contributed by atoms with Gasteiger partial charge in [0.1, 0.15) is 0 Å². The summed E-state index contributed by atoms with van der Waals surface area (Å²) in [6, 6.07) is 8.36. The number of aliphatic hydroxyl groups is 1. The molecular weight excluding hydrogens is 214 g/mol. The van der Waals surface area contributed by atoms with Gasteiger partial charge in [0.15, 0.2) is 0 Å². The maximum absolute atomic E-state index is 11.9. The summed E-state index contributed by atoms with van der Waals surface area (Å²) in [5.74, 6) is 0.100. The van der Waals surface area contributed by atoms with Gasteiger partial charge in [0, 0.05) is 25.6 Å². The molecule has 0 spiro atoms. The van der Waals surface area contributed by atoms with Crippen LogP contribution in [0.5, 0.6) is 0 Å². The van der Waals surface area contributed by atoms with E-state index in [1.54, 1.807) is 30.3 Å². The maximum Gasteiger partial charge on any atom is 0.243 e. The Balaban J connectivity index is 2.16. The minimum Gasteiger partial charge on any atom is -0.396 e. The number of sulfonamides is 1. The molecule has 5 heteroatoms. The van der Waals surface area contributed by atoms with Gasteiger partial charge in [-0.15, -0.1) is 0 Å². The Morgan fingerprint density at radius 3 is 2.40 bits per heavy atom. The minimum atomic E-state index is -3.32. The summed E-state index contributed by atoms with van der Waals surface area (Å²) in [7, 11) is -3.32. The highest BCUT2D eigenvalue weighted by Gasteiger charge is 2.35. The molecule has 0 bridgehead atoms. The van der Waals surface area contributed by atoms with E-state index in [2.05, 4.69) is 0 Å². The van der Waals surface area contributed by atoms with Gasteiger partial charge in [-0.1, -0.05) is 18.2 Å². The van der Waals surface area contributed by atoms with Crippen LogP contribution in [0, 0.1) is 5.92 Å². The zero-order chi connectivity index (χ0) is 10.9. The van der Waals surface area contributed by atoms with Gasteiger partial charge in [-0.3, -0.25) is 0 Å². The van der Waals surface area contributed by atoms with Gasteiger partial charge in [-0.25, -0.2) is 8.42 Å². The molecule has 1 saturated heterocycles. The van der Waals surface area contributed by atoms with Crippen LogP contribution in [0.2, 0.25) is 0 Å². The summed E-state index contributed by atoms with van der Waals surface area (Å²) >= 11 is 0. The van der Waals surface area contributed by atoms with E-state index in [-0.39, 0.29) is 12.5 Å². The third kappa shape index (κ3) is 1.90. The van der Waals surface area contributed by atoms with Crippen molar-refractivity contribution < 1.29 is 13.5 Å². The highest BCUT2D eigenvalue weighted by atomic mass is 32.2. The average Bonchev–Trinajstić information content (AvgIpc) is 2.17. The van der Waals surface area contributed by atoms with Crippen molar-refractivity contribution in [2.24, 2.45) is 5.92 Å². The van der Waals surface area contributed by atoms with Crippen LogP contribution in [0.3, 0.4) is 0 Å². The van der Waals surface area contributed by atoms with Crippen LogP contribution in [-0.4, -0.2) is 37.5 Å². The fourth-order valence-electron chi connectivity index (χ4n) is 1.58. The van der Waals surface area contributed by atoms with E-state index in [9.17, 15) is 8.42 Å². The quantitative estimate of drug-likeness (QED) is 0.808. The van der Waals surface area contributed by atoms with Gasteiger partial charge < -0.3 is 5.11 Å². The van der Waals surface area contributed by atoms with Crippen LogP contribution in [0.25, 0.3) is 0 Å². The zero-order valence-corrected chi connectivity index (χ0v) is 9.02. The van der Waals surface area contributed by atoms with Crippen molar-refractivity contribution in [1.82, 2.24) is 4.31 Å². The molecule has 1 aromatic rings. The van der Waals surface area contributed by atoms with E-state index >= 15 is 0 Å². The molecule has 0 saturated carbocycles. The van der Waals surface area contributed by atoms with Crippen LogP contribution in [-0.2, 0) is 10.0 Å². The SMILES string of the molecule is O=S(=O)(c1ccccc1)N1CC(CO)C1. The second-order valence-electron chi connectivity index (χ2n) is 3.68. The van der Waals surface area contributed by atoms with E-state index in [4.69, 9.17) is 5.11 Å². The molecule has 0 atom stereocenters. The Hall–Kier alpha value is -0.910. The van der Waals surface area contributed by atoms with Crippen LogP contribution in [0.1, 0.15) is 0 Å². The van der Waals surface area contributed by atoms with Crippen LogP contribution < -0.4 is 0 Å². The lowest BCUT2D eigenvalue weighted by Crippen LogP contribution is -2.51. The number of aliphatic hydroxyl groups excluding tert-OH is 1. The molecule has 82 valence electrons. The molecule has 0 aromatic heterocycles. The number of hydrogen-bond donors (Lipinski definition) is 1. The third-order valence-electron chi connectivity index (χ3n) is 2.56. The van der Waals surface area contributed by atoms with Crippen LogP contribution in [0.15, 0.2) is 35.2 Å². The van der Waals surface area contributed by atoms with Gasteiger partial charge in [-0.2, -0.15) is 4.31 Å². The molecule has 0 unspecified atom stereocenters. The molecule has 1 fully saturated rings. The van der Waals surface area contributed by atoms with Gasteiger partial charge in [0.05, 0.1) is 4.90 Å². The van der Waals surface area contributed by atoms with Crippen LogP contribution in [0.4, 0.5) is 0 Å². The summed E-state index contributed by atoms with van der Waals surface area (Å²) in [5, 5.41) is 8.82. The van der Waals surface area contributed by atoms with Gasteiger partial charge in [0.2, 0.25) is 10.0 Å². The molecule has 2 rings (SSSR count). The summed E-state index contributed by atoms with van der Waals surface area (Å²) in [6.07, 6.45) is 0. The van der Waals surface area contributed by atoms with Crippen molar-refractivity contribution in [3.05, 3.63) is 30.3 Å². The molecular formula is C10H13NO3S. The molecule has 1 aliphatic heterocycles. The Morgan fingerprint density at radius 2 is 1.87 bits per heavy atom. The van der Waals surface area contributed by atoms with Crippen molar-refractivity contribution in [2.45, 2.75) is 4.90 Å². The number of hydrogen-bond acceptors (Lipinski definition) is 3. The fourth-order valence-corrected chi connectivity index (χ4v) is 3.19. The van der Waals surface area contributed by atoms with Crippen molar-refractivity contribution in [1.29, 1.82) is 0 Å². The van der Waals surface area contributed by atoms with Gasteiger partial charge in [0.25, 0.3) is 0 Å². The first-order valence-corrected chi connectivity index (χ1v) is 6.24. The van der Waals surface area contributed by atoms with Crippen LogP contribution >= 0.6 is 0 Å². The predicted molar refractivity (Wildman–Crippen MR) is 55.8 cm³/mol. The summed E-state index contributed by atoms with van der Waals surface area (Å²) in [6.45, 7) is 0.905. The normalized spacial score (nSPS) is 18.7. The van der Waals surface area contributed by atoms with Crippen molar-refractivity contribution in [3.63, 3.8) is 0 Å². The van der Waals surface area contributed by atoms with Gasteiger partial charge in [-0.05, 0) is 12.1 Å². The molecule has 0 amide bonds. The van der Waals surface area contributed by atoms with Crippen molar-refractivity contribution in [2.75, 3.05) is 19.7 Å². The Morgan fingerprint density at radius 1 is 1.27 bits per heavy atom.